The van der Waals surface area contributed by atoms with Crippen LogP contribution >= 0.6 is 0 Å². The van der Waals surface area contributed by atoms with Gasteiger partial charge in [0.1, 0.15) is 7.05 Å². The topological polar surface area (TPSA) is 3.88 Å². The van der Waals surface area contributed by atoms with Gasteiger partial charge >= 0.3 is 0 Å². The van der Waals surface area contributed by atoms with Crippen molar-refractivity contribution in [3.8, 4) is 0 Å². The third kappa shape index (κ3) is 1.31. The second-order valence-corrected chi connectivity index (χ2v) is 3.63. The molecule has 0 atom stereocenters. The zero-order valence-corrected chi connectivity index (χ0v) is 8.33. The van der Waals surface area contributed by atoms with Gasteiger partial charge in [-0.25, -0.2) is 4.57 Å². The van der Waals surface area contributed by atoms with Crippen LogP contribution in [0.2, 0.25) is 0 Å². The smallest absolute Gasteiger partial charge is 0.201 e. The van der Waals surface area contributed by atoms with Gasteiger partial charge in [-0.2, -0.15) is 0 Å². The van der Waals surface area contributed by atoms with Crippen LogP contribution in [0, 0.1) is 13.8 Å². The summed E-state index contributed by atoms with van der Waals surface area (Å²) in [5, 5.41) is 1.35. The molecule has 0 aliphatic rings. The molecule has 1 aromatic heterocycles. The maximum atomic E-state index is 2.24. The number of hydrogen-bond donors (Lipinski definition) is 0. The molecule has 1 heteroatoms. The lowest BCUT2D eigenvalue weighted by atomic mass is 10.1. The fourth-order valence-corrected chi connectivity index (χ4v) is 1.67. The van der Waals surface area contributed by atoms with E-state index >= 15 is 0 Å². The quantitative estimate of drug-likeness (QED) is 0.537. The number of aromatic nitrogens is 1. The molecule has 0 aliphatic carbocycles. The first-order valence-electron chi connectivity index (χ1n) is 4.54. The Hall–Kier alpha value is -1.37. The molecule has 0 fully saturated rings. The van der Waals surface area contributed by atoms with E-state index in [2.05, 4.69) is 55.9 Å². The number of pyridine rings is 1. The maximum absolute atomic E-state index is 2.24. The first kappa shape index (κ1) is 8.24. The van der Waals surface area contributed by atoms with E-state index in [1.165, 1.54) is 22.0 Å². The Balaban J connectivity index is 2.92. The van der Waals surface area contributed by atoms with Crippen LogP contribution in [-0.4, -0.2) is 0 Å². The summed E-state index contributed by atoms with van der Waals surface area (Å²) >= 11 is 0. The first-order valence-corrected chi connectivity index (χ1v) is 4.54. The minimum absolute atomic E-state index is 1.30. The summed E-state index contributed by atoms with van der Waals surface area (Å²) in [6.07, 6.45) is 2.10. The zero-order chi connectivity index (χ0) is 9.42. The highest BCUT2D eigenvalue weighted by Gasteiger charge is 2.05. The Labute approximate surface area is 78.6 Å². The molecule has 2 rings (SSSR count). The highest BCUT2D eigenvalue weighted by Crippen LogP contribution is 2.15. The molecule has 1 heterocycles. The molecule has 0 saturated carbocycles. The Morgan fingerprint density at radius 1 is 1.08 bits per heavy atom. The average Bonchev–Trinajstić information content (AvgIpc) is 2.12. The van der Waals surface area contributed by atoms with Gasteiger partial charge in [0.15, 0.2) is 6.20 Å². The third-order valence-electron chi connectivity index (χ3n) is 2.51. The molecule has 0 saturated heterocycles. The zero-order valence-electron chi connectivity index (χ0n) is 8.33. The summed E-state index contributed by atoms with van der Waals surface area (Å²) in [7, 11) is 2.08. The van der Waals surface area contributed by atoms with Crippen molar-refractivity contribution in [2.24, 2.45) is 7.05 Å². The van der Waals surface area contributed by atoms with Crippen molar-refractivity contribution in [3.05, 3.63) is 41.6 Å². The lowest BCUT2D eigenvalue weighted by Crippen LogP contribution is -2.28. The molecule has 2 aromatic rings. The normalized spacial score (nSPS) is 10.7. The van der Waals surface area contributed by atoms with Gasteiger partial charge in [-0.15, -0.1) is 0 Å². The van der Waals surface area contributed by atoms with Crippen molar-refractivity contribution in [2.75, 3.05) is 0 Å². The fraction of sp³-hybridized carbons (Fsp3) is 0.250. The van der Waals surface area contributed by atoms with Crippen LogP contribution < -0.4 is 4.57 Å². The maximum Gasteiger partial charge on any atom is 0.212 e. The largest absolute Gasteiger partial charge is 0.212 e. The van der Waals surface area contributed by atoms with Crippen LogP contribution in [-0.2, 0) is 7.05 Å². The van der Waals surface area contributed by atoms with Gasteiger partial charge in [0.25, 0.3) is 0 Å². The predicted molar refractivity (Wildman–Crippen MR) is 54.6 cm³/mol. The van der Waals surface area contributed by atoms with E-state index in [-0.39, 0.29) is 0 Å². The van der Waals surface area contributed by atoms with Crippen LogP contribution in [0.4, 0.5) is 0 Å². The summed E-state index contributed by atoms with van der Waals surface area (Å²) in [5.41, 5.74) is 3.96. The van der Waals surface area contributed by atoms with Gasteiger partial charge in [-0.1, -0.05) is 11.6 Å². The molecule has 1 nitrogen and oxygen atoms in total. The van der Waals surface area contributed by atoms with Gasteiger partial charge < -0.3 is 0 Å². The molecule has 1 aromatic carbocycles. The van der Waals surface area contributed by atoms with E-state index < -0.39 is 0 Å². The van der Waals surface area contributed by atoms with Gasteiger partial charge in [-0.05, 0) is 25.5 Å². The van der Waals surface area contributed by atoms with Gasteiger partial charge in [0.05, 0.1) is 0 Å². The van der Waals surface area contributed by atoms with E-state index in [1.807, 2.05) is 0 Å². The Bertz CT molecular complexity index is 458. The minimum atomic E-state index is 1.30. The SMILES string of the molecule is Cc1ccc2c(c1)c(C)cc[n+]2C. The van der Waals surface area contributed by atoms with Crippen molar-refractivity contribution in [3.63, 3.8) is 0 Å². The molecule has 66 valence electrons. The van der Waals surface area contributed by atoms with Crippen LogP contribution in [0.1, 0.15) is 11.1 Å². The van der Waals surface area contributed by atoms with Crippen molar-refractivity contribution >= 4 is 10.9 Å². The molecule has 0 aliphatic heterocycles. The van der Waals surface area contributed by atoms with E-state index in [0.717, 1.165) is 0 Å². The molecule has 0 spiro atoms. The molecule has 0 amide bonds. The number of benzene rings is 1. The number of aryl methyl sites for hydroxylation is 3. The summed E-state index contributed by atoms with van der Waals surface area (Å²) in [4.78, 5) is 0. The predicted octanol–water partition coefficient (Wildman–Crippen LogP) is 2.28. The molecular weight excluding hydrogens is 158 g/mol. The number of rotatable bonds is 0. The fourth-order valence-electron chi connectivity index (χ4n) is 1.67. The van der Waals surface area contributed by atoms with E-state index in [0.29, 0.717) is 0 Å². The summed E-state index contributed by atoms with van der Waals surface area (Å²) < 4.78 is 2.15. The minimum Gasteiger partial charge on any atom is -0.201 e. The van der Waals surface area contributed by atoms with E-state index in [9.17, 15) is 0 Å². The second-order valence-electron chi connectivity index (χ2n) is 3.63. The molecule has 0 N–H and O–H groups in total. The summed E-state index contributed by atoms with van der Waals surface area (Å²) in [6, 6.07) is 8.73. The van der Waals surface area contributed by atoms with Gasteiger partial charge in [0, 0.05) is 17.5 Å². The summed E-state index contributed by atoms with van der Waals surface area (Å²) in [5.74, 6) is 0. The number of nitrogens with zero attached hydrogens (tertiary/aromatic N) is 1. The van der Waals surface area contributed by atoms with Crippen molar-refractivity contribution in [1.29, 1.82) is 0 Å². The average molecular weight is 172 g/mol. The molecular formula is C12H14N+. The highest BCUT2D eigenvalue weighted by molar-refractivity contribution is 5.79. The monoisotopic (exact) mass is 172 g/mol. The third-order valence-corrected chi connectivity index (χ3v) is 2.51. The lowest BCUT2D eigenvalue weighted by molar-refractivity contribution is -0.644. The van der Waals surface area contributed by atoms with Crippen LogP contribution in [0.3, 0.4) is 0 Å². The Morgan fingerprint density at radius 3 is 2.62 bits per heavy atom. The standard InChI is InChI=1S/C12H14N/c1-9-4-5-12-11(8-9)10(2)6-7-13(12)3/h4-8H,1-3H3/q+1. The van der Waals surface area contributed by atoms with Crippen molar-refractivity contribution < 1.29 is 4.57 Å². The first-order chi connectivity index (χ1) is 6.18. The Kier molecular flexibility index (Phi) is 1.80. The number of fused-ring (bicyclic) bond motifs is 1. The van der Waals surface area contributed by atoms with Crippen molar-refractivity contribution in [2.45, 2.75) is 13.8 Å². The van der Waals surface area contributed by atoms with Crippen LogP contribution in [0.25, 0.3) is 10.9 Å². The van der Waals surface area contributed by atoms with Crippen LogP contribution in [0.15, 0.2) is 30.5 Å². The molecule has 0 bridgehead atoms. The molecule has 13 heavy (non-hydrogen) atoms. The second kappa shape index (κ2) is 2.84. The summed E-state index contributed by atoms with van der Waals surface area (Å²) in [6.45, 7) is 4.29. The highest BCUT2D eigenvalue weighted by atomic mass is 14.9. The molecule has 0 radical (unpaired) electrons. The van der Waals surface area contributed by atoms with Gasteiger partial charge in [-0.3, -0.25) is 0 Å². The van der Waals surface area contributed by atoms with E-state index in [1.54, 1.807) is 0 Å². The molecule has 0 unspecified atom stereocenters. The van der Waals surface area contributed by atoms with Crippen molar-refractivity contribution in [1.82, 2.24) is 0 Å². The lowest BCUT2D eigenvalue weighted by Gasteiger charge is -2.00. The van der Waals surface area contributed by atoms with Crippen LogP contribution in [0.5, 0.6) is 0 Å². The van der Waals surface area contributed by atoms with Gasteiger partial charge in [0.2, 0.25) is 5.52 Å². The van der Waals surface area contributed by atoms with E-state index in [4.69, 9.17) is 0 Å². The number of hydrogen-bond acceptors (Lipinski definition) is 0. The Morgan fingerprint density at radius 2 is 1.85 bits per heavy atom.